The summed E-state index contributed by atoms with van der Waals surface area (Å²) in [5, 5.41) is 9.10. The lowest BCUT2D eigenvalue weighted by Gasteiger charge is -2.09. The average Bonchev–Trinajstić information content (AvgIpc) is 2.91. The predicted molar refractivity (Wildman–Crippen MR) is 61.6 cm³/mol. The predicted octanol–water partition coefficient (Wildman–Crippen LogP) is 3.05. The maximum Gasteiger partial charge on any atom is 0.158 e. The van der Waals surface area contributed by atoms with Crippen LogP contribution in [-0.2, 0) is 4.79 Å². The van der Waals surface area contributed by atoms with Gasteiger partial charge in [0.25, 0.3) is 0 Å². The molecule has 2 unspecified atom stereocenters. The smallest absolute Gasteiger partial charge is 0.158 e. The zero-order valence-electron chi connectivity index (χ0n) is 9.90. The Morgan fingerprint density at radius 3 is 2.41 bits per heavy atom. The lowest BCUT2D eigenvalue weighted by atomic mass is 9.91. The Hall–Kier alpha value is -1.69. The third-order valence-corrected chi connectivity index (χ3v) is 3.47. The number of carbonyl (C=O) groups excluding carboxylic acids is 1. The third-order valence-electron chi connectivity index (χ3n) is 3.47. The van der Waals surface area contributed by atoms with Crippen LogP contribution in [0.3, 0.4) is 0 Å². The Labute approximate surface area is 100 Å². The highest BCUT2D eigenvalue weighted by atomic mass is 19.1. The molecule has 1 saturated carbocycles. The van der Waals surface area contributed by atoms with Crippen LogP contribution in [0.15, 0.2) is 24.3 Å². The Morgan fingerprint density at radius 1 is 1.47 bits per heavy atom. The fraction of sp³-hybridized carbons (Fsp3) is 0.429. The van der Waals surface area contributed by atoms with Crippen molar-refractivity contribution in [2.75, 3.05) is 0 Å². The van der Waals surface area contributed by atoms with E-state index < -0.39 is 5.92 Å². The van der Waals surface area contributed by atoms with Crippen LogP contribution in [0.25, 0.3) is 0 Å². The van der Waals surface area contributed by atoms with Crippen LogP contribution < -0.4 is 0 Å². The Balaban J connectivity index is 2.21. The summed E-state index contributed by atoms with van der Waals surface area (Å²) in [5.74, 6) is -1.19. The van der Waals surface area contributed by atoms with Crippen LogP contribution >= 0.6 is 0 Å². The second kappa shape index (κ2) is 3.96. The molecule has 1 aromatic rings. The minimum absolute atomic E-state index is 0.0201. The maximum atomic E-state index is 12.8. The van der Waals surface area contributed by atoms with Gasteiger partial charge in [-0.05, 0) is 29.5 Å². The first-order valence-electron chi connectivity index (χ1n) is 5.64. The molecule has 3 heteroatoms. The summed E-state index contributed by atoms with van der Waals surface area (Å²) in [6, 6.07) is 7.61. The van der Waals surface area contributed by atoms with Gasteiger partial charge < -0.3 is 0 Å². The van der Waals surface area contributed by atoms with Gasteiger partial charge in [-0.2, -0.15) is 5.26 Å². The minimum atomic E-state index is -0.762. The molecule has 0 spiro atoms. The number of hydrogen-bond acceptors (Lipinski definition) is 2. The van der Waals surface area contributed by atoms with Crippen LogP contribution in [0, 0.1) is 28.5 Å². The number of rotatable bonds is 3. The highest BCUT2D eigenvalue weighted by molar-refractivity contribution is 5.93. The molecule has 88 valence electrons. The SMILES string of the molecule is CC1(C)CC1C(=O)C(C#N)c1ccc(F)cc1. The molecule has 1 aliphatic carbocycles. The lowest BCUT2D eigenvalue weighted by molar-refractivity contribution is -0.121. The van der Waals surface area contributed by atoms with Crippen LogP contribution in [0.1, 0.15) is 31.7 Å². The molecular weight excluding hydrogens is 217 g/mol. The maximum absolute atomic E-state index is 12.8. The van der Waals surface area contributed by atoms with Crippen molar-refractivity contribution in [1.82, 2.24) is 0 Å². The first-order chi connectivity index (χ1) is 7.95. The summed E-state index contributed by atoms with van der Waals surface area (Å²) in [4.78, 5) is 12.1. The molecule has 0 radical (unpaired) electrons. The van der Waals surface area contributed by atoms with E-state index in [4.69, 9.17) is 5.26 Å². The molecule has 2 atom stereocenters. The average molecular weight is 231 g/mol. The van der Waals surface area contributed by atoms with Gasteiger partial charge in [-0.25, -0.2) is 4.39 Å². The van der Waals surface area contributed by atoms with Gasteiger partial charge in [-0.15, -0.1) is 0 Å². The zero-order chi connectivity index (χ0) is 12.6. The van der Waals surface area contributed by atoms with Crippen LogP contribution in [0.2, 0.25) is 0 Å². The molecule has 0 bridgehead atoms. The second-order valence-electron chi connectivity index (χ2n) is 5.26. The van der Waals surface area contributed by atoms with Gasteiger partial charge in [-0.1, -0.05) is 26.0 Å². The number of nitrogens with zero attached hydrogens (tertiary/aromatic N) is 1. The molecule has 2 nitrogen and oxygen atoms in total. The monoisotopic (exact) mass is 231 g/mol. The van der Waals surface area contributed by atoms with E-state index in [0.717, 1.165) is 6.42 Å². The molecule has 0 aliphatic heterocycles. The number of carbonyl (C=O) groups is 1. The van der Waals surface area contributed by atoms with Crippen molar-refractivity contribution < 1.29 is 9.18 Å². The van der Waals surface area contributed by atoms with Gasteiger partial charge in [0.2, 0.25) is 0 Å². The standard InChI is InChI=1S/C14H14FNO/c1-14(2)7-12(14)13(17)11(8-16)9-3-5-10(15)6-4-9/h3-6,11-12H,7H2,1-2H3. The summed E-state index contributed by atoms with van der Waals surface area (Å²) in [5.41, 5.74) is 0.605. The van der Waals surface area contributed by atoms with Crippen molar-refractivity contribution in [3.8, 4) is 6.07 Å². The summed E-state index contributed by atoms with van der Waals surface area (Å²) in [7, 11) is 0. The number of ketones is 1. The number of Topliss-reactive ketones (excluding diaryl/α,β-unsaturated/α-hetero) is 1. The van der Waals surface area contributed by atoms with E-state index in [1.165, 1.54) is 24.3 Å². The first-order valence-corrected chi connectivity index (χ1v) is 5.64. The molecule has 2 rings (SSSR count). The fourth-order valence-corrected chi connectivity index (χ4v) is 2.11. The minimum Gasteiger partial charge on any atom is -0.298 e. The largest absolute Gasteiger partial charge is 0.298 e. The van der Waals surface area contributed by atoms with E-state index in [0.29, 0.717) is 5.56 Å². The summed E-state index contributed by atoms with van der Waals surface area (Å²) in [6.07, 6.45) is 0.839. The van der Waals surface area contributed by atoms with E-state index >= 15 is 0 Å². The molecular formula is C14H14FNO. The molecule has 1 aliphatic rings. The molecule has 1 aromatic carbocycles. The van der Waals surface area contributed by atoms with Gasteiger partial charge in [0, 0.05) is 5.92 Å². The molecule has 0 amide bonds. The van der Waals surface area contributed by atoms with Gasteiger partial charge in [-0.3, -0.25) is 4.79 Å². The Morgan fingerprint density at radius 2 is 2.00 bits per heavy atom. The summed E-state index contributed by atoms with van der Waals surface area (Å²) < 4.78 is 12.8. The third kappa shape index (κ3) is 2.21. The van der Waals surface area contributed by atoms with E-state index in [1.807, 2.05) is 19.9 Å². The lowest BCUT2D eigenvalue weighted by Crippen LogP contribution is -2.15. The van der Waals surface area contributed by atoms with Gasteiger partial charge in [0.1, 0.15) is 11.7 Å². The van der Waals surface area contributed by atoms with Gasteiger partial charge in [0.05, 0.1) is 6.07 Å². The molecule has 0 heterocycles. The van der Waals surface area contributed by atoms with E-state index in [-0.39, 0.29) is 22.9 Å². The van der Waals surface area contributed by atoms with Crippen LogP contribution in [0.5, 0.6) is 0 Å². The molecule has 0 N–H and O–H groups in total. The Kier molecular flexibility index (Phi) is 2.74. The molecule has 0 aromatic heterocycles. The fourth-order valence-electron chi connectivity index (χ4n) is 2.11. The summed E-state index contributed by atoms with van der Waals surface area (Å²) >= 11 is 0. The van der Waals surface area contributed by atoms with Crippen molar-refractivity contribution in [2.24, 2.45) is 11.3 Å². The van der Waals surface area contributed by atoms with Crippen LogP contribution in [0.4, 0.5) is 4.39 Å². The molecule has 0 saturated heterocycles. The van der Waals surface area contributed by atoms with E-state index in [1.54, 1.807) is 0 Å². The number of hydrogen-bond donors (Lipinski definition) is 0. The van der Waals surface area contributed by atoms with Crippen molar-refractivity contribution in [1.29, 1.82) is 5.26 Å². The van der Waals surface area contributed by atoms with Crippen molar-refractivity contribution in [3.63, 3.8) is 0 Å². The van der Waals surface area contributed by atoms with Crippen LogP contribution in [-0.4, -0.2) is 5.78 Å². The highest BCUT2D eigenvalue weighted by Gasteiger charge is 2.52. The quantitative estimate of drug-likeness (QED) is 0.802. The first kappa shape index (κ1) is 11.8. The van der Waals surface area contributed by atoms with Crippen molar-refractivity contribution in [3.05, 3.63) is 35.6 Å². The number of nitriles is 1. The number of halogens is 1. The van der Waals surface area contributed by atoms with E-state index in [2.05, 4.69) is 0 Å². The topological polar surface area (TPSA) is 40.9 Å². The molecule has 17 heavy (non-hydrogen) atoms. The second-order valence-corrected chi connectivity index (χ2v) is 5.26. The molecule has 1 fully saturated rings. The van der Waals surface area contributed by atoms with Gasteiger partial charge in [0.15, 0.2) is 5.78 Å². The normalized spacial score (nSPS) is 22.6. The zero-order valence-corrected chi connectivity index (χ0v) is 9.90. The Bertz CT molecular complexity index is 484. The van der Waals surface area contributed by atoms with Crippen molar-refractivity contribution >= 4 is 5.78 Å². The summed E-state index contributed by atoms with van der Waals surface area (Å²) in [6.45, 7) is 4.04. The number of benzene rings is 1. The van der Waals surface area contributed by atoms with Gasteiger partial charge >= 0.3 is 0 Å². The van der Waals surface area contributed by atoms with E-state index in [9.17, 15) is 9.18 Å². The van der Waals surface area contributed by atoms with Crippen molar-refractivity contribution in [2.45, 2.75) is 26.2 Å². The highest BCUT2D eigenvalue weighted by Crippen LogP contribution is 2.53.